The first kappa shape index (κ1) is 23.7. The first-order valence-electron chi connectivity index (χ1n) is 11.3. The largest absolute Gasteiger partial charge is 0.465 e. The highest BCUT2D eigenvalue weighted by Gasteiger charge is 2.32. The summed E-state index contributed by atoms with van der Waals surface area (Å²) in [4.78, 5) is 12.3. The van der Waals surface area contributed by atoms with Gasteiger partial charge in [-0.2, -0.15) is 0 Å². The number of hydrogen-bond donors (Lipinski definition) is 0. The molecule has 1 aromatic carbocycles. The van der Waals surface area contributed by atoms with Gasteiger partial charge in [-0.1, -0.05) is 46.8 Å². The first-order valence-corrected chi connectivity index (χ1v) is 11.3. The third-order valence-electron chi connectivity index (χ3n) is 6.33. The molecule has 0 amide bonds. The van der Waals surface area contributed by atoms with E-state index in [-0.39, 0.29) is 24.8 Å². The van der Waals surface area contributed by atoms with E-state index < -0.39 is 0 Å². The number of carbonyl (C=O) groups excluding carboxylic acids is 1. The molecule has 0 saturated heterocycles. The molecule has 4 heteroatoms. The van der Waals surface area contributed by atoms with Crippen molar-refractivity contribution in [3.63, 3.8) is 0 Å². The maximum atomic E-state index is 12.3. The fourth-order valence-electron chi connectivity index (χ4n) is 4.01. The number of benzene rings is 1. The van der Waals surface area contributed by atoms with Gasteiger partial charge in [0, 0.05) is 0 Å². The van der Waals surface area contributed by atoms with Crippen LogP contribution in [0, 0.1) is 17.3 Å². The van der Waals surface area contributed by atoms with Gasteiger partial charge in [0.1, 0.15) is 12.4 Å². The van der Waals surface area contributed by atoms with Crippen molar-refractivity contribution in [1.29, 1.82) is 0 Å². The fraction of sp³-hybridized carbons (Fsp3) is 0.720. The van der Waals surface area contributed by atoms with Crippen molar-refractivity contribution in [3.8, 4) is 5.75 Å². The van der Waals surface area contributed by atoms with Crippen molar-refractivity contribution >= 4 is 5.97 Å². The quantitative estimate of drug-likeness (QED) is 0.274. The van der Waals surface area contributed by atoms with E-state index >= 15 is 0 Å². The van der Waals surface area contributed by atoms with Crippen molar-refractivity contribution in [3.05, 3.63) is 29.8 Å². The number of esters is 1. The normalized spacial score (nSPS) is 22.0. The summed E-state index contributed by atoms with van der Waals surface area (Å²) in [6.07, 6.45) is 4.84. The van der Waals surface area contributed by atoms with Crippen molar-refractivity contribution in [1.82, 2.24) is 0 Å². The minimum atomic E-state index is -0.384. The molecule has 0 N–H and O–H groups in total. The molecule has 1 saturated carbocycles. The predicted octanol–water partition coefficient (Wildman–Crippen LogP) is 6.34. The van der Waals surface area contributed by atoms with Gasteiger partial charge in [0.15, 0.2) is 6.29 Å². The maximum Gasteiger partial charge on any atom is 0.309 e. The molecule has 4 nitrogen and oxygen atoms in total. The molecule has 1 aliphatic carbocycles. The molecule has 0 bridgehead atoms. The zero-order chi connectivity index (χ0) is 21.4. The highest BCUT2D eigenvalue weighted by molar-refractivity contribution is 5.72. The average molecular weight is 405 g/mol. The summed E-state index contributed by atoms with van der Waals surface area (Å²) >= 11 is 0. The number of carbonyl (C=O) groups is 1. The van der Waals surface area contributed by atoms with Crippen molar-refractivity contribution in [2.75, 3.05) is 13.2 Å². The third-order valence-corrected chi connectivity index (χ3v) is 6.33. The molecular weight excluding hydrogens is 364 g/mol. The molecule has 0 aliphatic heterocycles. The second-order valence-corrected chi connectivity index (χ2v) is 9.52. The summed E-state index contributed by atoms with van der Waals surface area (Å²) < 4.78 is 16.9. The molecule has 2 rings (SSSR count). The van der Waals surface area contributed by atoms with Crippen LogP contribution in [0.2, 0.25) is 0 Å². The predicted molar refractivity (Wildman–Crippen MR) is 117 cm³/mol. The van der Waals surface area contributed by atoms with Crippen LogP contribution in [0.25, 0.3) is 0 Å². The van der Waals surface area contributed by atoms with Gasteiger partial charge in [0.05, 0.1) is 12.5 Å². The van der Waals surface area contributed by atoms with Gasteiger partial charge in [0.25, 0.3) is 0 Å². The summed E-state index contributed by atoms with van der Waals surface area (Å²) in [6, 6.07) is 8.17. The lowest BCUT2D eigenvalue weighted by Gasteiger charge is -2.36. The summed E-state index contributed by atoms with van der Waals surface area (Å²) in [7, 11) is 0. The Morgan fingerprint density at radius 2 is 1.66 bits per heavy atom. The monoisotopic (exact) mass is 404 g/mol. The van der Waals surface area contributed by atoms with Crippen molar-refractivity contribution in [2.45, 2.75) is 85.9 Å². The van der Waals surface area contributed by atoms with Gasteiger partial charge in [-0.3, -0.25) is 4.79 Å². The average Bonchev–Trinajstić information content (AvgIpc) is 2.70. The van der Waals surface area contributed by atoms with Gasteiger partial charge in [-0.15, -0.1) is 0 Å². The second kappa shape index (κ2) is 11.0. The molecule has 0 aromatic heterocycles. The maximum absolute atomic E-state index is 12.3. The Morgan fingerprint density at radius 3 is 2.21 bits per heavy atom. The first-order chi connectivity index (χ1) is 13.7. The fourth-order valence-corrected chi connectivity index (χ4v) is 4.01. The van der Waals surface area contributed by atoms with Crippen LogP contribution in [-0.2, 0) is 14.3 Å². The van der Waals surface area contributed by atoms with Crippen LogP contribution in [0.15, 0.2) is 24.3 Å². The molecule has 1 aliphatic rings. The molecule has 2 unspecified atom stereocenters. The van der Waals surface area contributed by atoms with Gasteiger partial charge < -0.3 is 14.2 Å². The zero-order valence-electron chi connectivity index (χ0n) is 19.2. The Morgan fingerprint density at radius 1 is 1.03 bits per heavy atom. The SMILES string of the molecule is CCC(C)c1ccc(OC(C)OCCOC(=O)C2CCC(C(C)(C)C)CC2)cc1. The summed E-state index contributed by atoms with van der Waals surface area (Å²) in [5.74, 6) is 2.02. The summed E-state index contributed by atoms with van der Waals surface area (Å²) in [6.45, 7) is 13.8. The van der Waals surface area contributed by atoms with Crippen LogP contribution in [0.1, 0.15) is 85.1 Å². The lowest BCUT2D eigenvalue weighted by Crippen LogP contribution is -2.30. The van der Waals surface area contributed by atoms with Crippen LogP contribution in [0.4, 0.5) is 0 Å². The Hall–Kier alpha value is -1.55. The van der Waals surface area contributed by atoms with E-state index in [9.17, 15) is 4.79 Å². The Labute approximate surface area is 177 Å². The molecule has 29 heavy (non-hydrogen) atoms. The van der Waals surface area contributed by atoms with E-state index in [0.717, 1.165) is 37.9 Å². The van der Waals surface area contributed by atoms with Crippen LogP contribution < -0.4 is 4.74 Å². The smallest absolute Gasteiger partial charge is 0.309 e. The minimum Gasteiger partial charge on any atom is -0.465 e. The number of rotatable bonds is 9. The topological polar surface area (TPSA) is 44.8 Å². The molecule has 164 valence electrons. The van der Waals surface area contributed by atoms with E-state index in [2.05, 4.69) is 46.8 Å². The molecule has 0 spiro atoms. The Balaban J connectivity index is 1.63. The molecule has 1 aromatic rings. The highest BCUT2D eigenvalue weighted by atomic mass is 16.7. The Kier molecular flexibility index (Phi) is 9.01. The molecule has 1 fully saturated rings. The highest BCUT2D eigenvalue weighted by Crippen LogP contribution is 2.40. The van der Waals surface area contributed by atoms with Crippen LogP contribution in [0.3, 0.4) is 0 Å². The molecule has 0 radical (unpaired) electrons. The third kappa shape index (κ3) is 7.65. The van der Waals surface area contributed by atoms with Gasteiger partial charge in [-0.05, 0) is 74.0 Å². The number of ether oxygens (including phenoxy) is 3. The molecule has 0 heterocycles. The van der Waals surface area contributed by atoms with E-state index in [1.807, 2.05) is 19.1 Å². The summed E-state index contributed by atoms with van der Waals surface area (Å²) in [5.41, 5.74) is 1.64. The summed E-state index contributed by atoms with van der Waals surface area (Å²) in [5, 5.41) is 0. The van der Waals surface area contributed by atoms with E-state index in [0.29, 0.717) is 23.9 Å². The standard InChI is InChI=1S/C25H40O4/c1-7-18(2)20-10-14-23(15-11-20)29-19(3)27-16-17-28-24(26)21-8-12-22(13-9-21)25(4,5)6/h10-11,14-15,18-19,21-22H,7-9,12-13,16-17H2,1-6H3. The van der Waals surface area contributed by atoms with Crippen molar-refractivity contribution < 1.29 is 19.0 Å². The van der Waals surface area contributed by atoms with Crippen LogP contribution >= 0.6 is 0 Å². The van der Waals surface area contributed by atoms with Crippen LogP contribution in [0.5, 0.6) is 5.75 Å². The van der Waals surface area contributed by atoms with Gasteiger partial charge in [0.2, 0.25) is 0 Å². The second-order valence-electron chi connectivity index (χ2n) is 9.52. The van der Waals surface area contributed by atoms with Crippen molar-refractivity contribution in [2.24, 2.45) is 17.3 Å². The molecule has 2 atom stereocenters. The lowest BCUT2D eigenvalue weighted by molar-refractivity contribution is -0.154. The van der Waals surface area contributed by atoms with Gasteiger partial charge >= 0.3 is 5.97 Å². The van der Waals surface area contributed by atoms with E-state index in [4.69, 9.17) is 14.2 Å². The minimum absolute atomic E-state index is 0.0475. The molecular formula is C25H40O4. The van der Waals surface area contributed by atoms with Gasteiger partial charge in [-0.25, -0.2) is 0 Å². The lowest BCUT2D eigenvalue weighted by atomic mass is 9.70. The zero-order valence-corrected chi connectivity index (χ0v) is 19.2. The van der Waals surface area contributed by atoms with E-state index in [1.54, 1.807) is 0 Å². The number of hydrogen-bond acceptors (Lipinski definition) is 4. The van der Waals surface area contributed by atoms with E-state index in [1.165, 1.54) is 5.56 Å². The Bertz CT molecular complexity index is 609. The van der Waals surface area contributed by atoms with Crippen LogP contribution in [-0.4, -0.2) is 25.5 Å².